The molecule has 45 heavy (non-hydrogen) atoms. The van der Waals surface area contributed by atoms with Gasteiger partial charge in [-0.15, -0.1) is 11.3 Å². The first-order valence-electron chi connectivity index (χ1n) is 14.0. The molecule has 2 N–H and O–H groups in total. The maximum absolute atomic E-state index is 14.9. The van der Waals surface area contributed by atoms with Crippen LogP contribution in [-0.4, -0.2) is 95.6 Å². The second-order valence-electron chi connectivity index (χ2n) is 10.7. The number of benzene rings is 2. The fraction of sp³-hybridized carbons (Fsp3) is 0.300. The van der Waals surface area contributed by atoms with Gasteiger partial charge in [0.05, 0.1) is 36.0 Å². The molecule has 11 nitrogen and oxygen atoms in total. The molecule has 0 saturated carbocycles. The first kappa shape index (κ1) is 30.8. The normalized spacial score (nSPS) is 20.2. The number of amides is 2. The zero-order chi connectivity index (χ0) is 31.8. The molecule has 6 rings (SSSR count). The highest BCUT2D eigenvalue weighted by Gasteiger charge is 2.43. The molecule has 3 aliphatic heterocycles. The number of thiazole rings is 1. The molecule has 3 aromatic rings. The molecule has 0 spiro atoms. The number of piperazine rings is 1. The number of carbonyl (C=O) groups is 3. The monoisotopic (exact) mass is 700 g/mol. The molecule has 2 amide bonds. The van der Waals surface area contributed by atoms with Crippen LogP contribution in [0.25, 0.3) is 0 Å². The van der Waals surface area contributed by atoms with Crippen LogP contribution in [0.3, 0.4) is 0 Å². The minimum atomic E-state index is -1.26. The van der Waals surface area contributed by atoms with Crippen LogP contribution in [0.4, 0.5) is 19.3 Å². The predicted molar refractivity (Wildman–Crippen MR) is 165 cm³/mol. The molecule has 2 aromatic carbocycles. The number of fused-ring (bicyclic) bond motifs is 1. The fourth-order valence-electron chi connectivity index (χ4n) is 5.85. The fourth-order valence-corrected chi connectivity index (χ4v) is 6.95. The SMILES string of the molecule is COC(=O)C1=C(CN2CCN3C(=O)N(c4ccc(C(=O)O)cc4F)C[C@@H]3C2)NC(c2nccs2)=N[C@H]1Cc1ccc(F)cc1Br. The Labute approximate surface area is 268 Å². The van der Waals surface area contributed by atoms with Crippen molar-refractivity contribution in [3.05, 3.63) is 91.5 Å². The molecular formula is C30H27BrF2N6O5S. The Hall–Kier alpha value is -4.21. The van der Waals surface area contributed by atoms with E-state index in [4.69, 9.17) is 9.73 Å². The van der Waals surface area contributed by atoms with Gasteiger partial charge in [0.15, 0.2) is 10.8 Å². The number of esters is 1. The molecule has 2 fully saturated rings. The second kappa shape index (κ2) is 12.7. The summed E-state index contributed by atoms with van der Waals surface area (Å²) in [5, 5.41) is 14.9. The van der Waals surface area contributed by atoms with Crippen molar-refractivity contribution < 1.29 is 33.0 Å². The molecule has 0 bridgehead atoms. The van der Waals surface area contributed by atoms with Crippen molar-refractivity contribution in [3.8, 4) is 0 Å². The highest BCUT2D eigenvalue weighted by atomic mass is 79.9. The molecular weight excluding hydrogens is 674 g/mol. The number of aromatic nitrogens is 1. The van der Waals surface area contributed by atoms with Gasteiger partial charge in [0.1, 0.15) is 11.6 Å². The Kier molecular flexibility index (Phi) is 8.66. The summed E-state index contributed by atoms with van der Waals surface area (Å²) in [7, 11) is 1.30. The molecule has 4 heterocycles. The summed E-state index contributed by atoms with van der Waals surface area (Å²) in [4.78, 5) is 52.1. The Balaban J connectivity index is 1.26. The summed E-state index contributed by atoms with van der Waals surface area (Å²) in [6.07, 6.45) is 1.95. The van der Waals surface area contributed by atoms with E-state index in [0.717, 1.165) is 11.6 Å². The lowest BCUT2D eigenvalue weighted by Gasteiger charge is -2.38. The molecule has 234 valence electrons. The number of aliphatic imine (C=N–C) groups is 1. The van der Waals surface area contributed by atoms with E-state index in [0.29, 0.717) is 52.8 Å². The van der Waals surface area contributed by atoms with Gasteiger partial charge in [-0.2, -0.15) is 0 Å². The minimum Gasteiger partial charge on any atom is -0.478 e. The summed E-state index contributed by atoms with van der Waals surface area (Å²) in [5.41, 5.74) is 1.49. The van der Waals surface area contributed by atoms with Gasteiger partial charge in [0, 0.05) is 60.9 Å². The third-order valence-corrected chi connectivity index (χ3v) is 9.50. The van der Waals surface area contributed by atoms with Crippen molar-refractivity contribution in [2.45, 2.75) is 18.5 Å². The number of hydrogen-bond donors (Lipinski definition) is 2. The van der Waals surface area contributed by atoms with Gasteiger partial charge in [-0.05, 0) is 35.9 Å². The van der Waals surface area contributed by atoms with Gasteiger partial charge in [0.2, 0.25) is 0 Å². The van der Waals surface area contributed by atoms with E-state index in [9.17, 15) is 28.3 Å². The number of amidine groups is 1. The lowest BCUT2D eigenvalue weighted by atomic mass is 9.95. The van der Waals surface area contributed by atoms with Crippen LogP contribution in [0.2, 0.25) is 0 Å². The molecule has 2 atom stereocenters. The van der Waals surface area contributed by atoms with Crippen molar-refractivity contribution >= 4 is 56.8 Å². The van der Waals surface area contributed by atoms with Crippen molar-refractivity contribution in [3.63, 3.8) is 0 Å². The smallest absolute Gasteiger partial charge is 0.337 e. The van der Waals surface area contributed by atoms with Crippen LogP contribution in [0.15, 0.2) is 68.7 Å². The number of ether oxygens (including phenoxy) is 1. The Morgan fingerprint density at radius 2 is 2.00 bits per heavy atom. The van der Waals surface area contributed by atoms with Crippen LogP contribution in [-0.2, 0) is 16.0 Å². The molecule has 2 saturated heterocycles. The number of methoxy groups -OCH3 is 1. The topological polar surface area (TPSA) is 128 Å². The lowest BCUT2D eigenvalue weighted by molar-refractivity contribution is -0.136. The number of hydrogen-bond acceptors (Lipinski definition) is 9. The number of nitrogens with zero attached hydrogens (tertiary/aromatic N) is 5. The highest BCUT2D eigenvalue weighted by Crippen LogP contribution is 2.31. The predicted octanol–water partition coefficient (Wildman–Crippen LogP) is 3.90. The van der Waals surface area contributed by atoms with E-state index < -0.39 is 29.6 Å². The number of carboxylic acid groups (broad SMARTS) is 1. The summed E-state index contributed by atoms with van der Waals surface area (Å²) < 4.78 is 34.4. The summed E-state index contributed by atoms with van der Waals surface area (Å²) in [5.74, 6) is -2.49. The van der Waals surface area contributed by atoms with E-state index in [1.165, 1.54) is 47.6 Å². The molecule has 15 heteroatoms. The number of urea groups is 1. The van der Waals surface area contributed by atoms with Crippen LogP contribution in [0, 0.1) is 11.6 Å². The van der Waals surface area contributed by atoms with E-state index in [1.54, 1.807) is 17.2 Å². The third kappa shape index (κ3) is 6.19. The van der Waals surface area contributed by atoms with Gasteiger partial charge in [-0.3, -0.25) is 14.8 Å². The van der Waals surface area contributed by atoms with Crippen LogP contribution in [0.5, 0.6) is 0 Å². The molecule has 0 aliphatic carbocycles. The second-order valence-corrected chi connectivity index (χ2v) is 12.5. The first-order valence-corrected chi connectivity index (χ1v) is 15.6. The van der Waals surface area contributed by atoms with Gasteiger partial charge in [-0.25, -0.2) is 28.1 Å². The van der Waals surface area contributed by atoms with Crippen molar-refractivity contribution in [1.29, 1.82) is 0 Å². The van der Waals surface area contributed by atoms with E-state index in [-0.39, 0.29) is 36.3 Å². The molecule has 0 unspecified atom stereocenters. The lowest BCUT2D eigenvalue weighted by Crippen LogP contribution is -2.53. The molecule has 0 radical (unpaired) electrons. The zero-order valence-electron chi connectivity index (χ0n) is 23.9. The number of aromatic carboxylic acids is 1. The van der Waals surface area contributed by atoms with Gasteiger partial charge in [-0.1, -0.05) is 22.0 Å². The zero-order valence-corrected chi connectivity index (χ0v) is 26.3. The number of anilines is 1. The van der Waals surface area contributed by atoms with E-state index >= 15 is 0 Å². The number of halogens is 3. The van der Waals surface area contributed by atoms with Crippen molar-refractivity contribution in [1.82, 2.24) is 20.1 Å². The van der Waals surface area contributed by atoms with E-state index in [2.05, 4.69) is 31.1 Å². The van der Waals surface area contributed by atoms with Crippen LogP contribution < -0.4 is 10.2 Å². The third-order valence-electron chi connectivity index (χ3n) is 7.99. The molecule has 3 aliphatic rings. The summed E-state index contributed by atoms with van der Waals surface area (Å²) in [6, 6.07) is 6.58. The van der Waals surface area contributed by atoms with Crippen molar-refractivity contribution in [2.75, 3.05) is 44.7 Å². The number of carbonyl (C=O) groups excluding carboxylic acids is 2. The average molecular weight is 702 g/mol. The van der Waals surface area contributed by atoms with Crippen molar-refractivity contribution in [2.24, 2.45) is 4.99 Å². The Morgan fingerprint density at radius 1 is 1.18 bits per heavy atom. The van der Waals surface area contributed by atoms with E-state index in [1.807, 2.05) is 5.38 Å². The maximum Gasteiger partial charge on any atom is 0.337 e. The number of nitrogens with one attached hydrogen (secondary N) is 1. The largest absolute Gasteiger partial charge is 0.478 e. The van der Waals surface area contributed by atoms with Gasteiger partial charge < -0.3 is 20.1 Å². The van der Waals surface area contributed by atoms with Gasteiger partial charge in [0.25, 0.3) is 0 Å². The number of rotatable bonds is 8. The highest BCUT2D eigenvalue weighted by molar-refractivity contribution is 9.10. The quantitative estimate of drug-likeness (QED) is 0.339. The van der Waals surface area contributed by atoms with Gasteiger partial charge >= 0.3 is 18.0 Å². The van der Waals surface area contributed by atoms with Crippen LogP contribution >= 0.6 is 27.3 Å². The first-order chi connectivity index (χ1) is 21.6. The maximum atomic E-state index is 14.9. The summed E-state index contributed by atoms with van der Waals surface area (Å²) in [6.45, 7) is 1.80. The summed E-state index contributed by atoms with van der Waals surface area (Å²) >= 11 is 4.82. The Bertz CT molecular complexity index is 1740. The number of carboxylic acids is 1. The molecule has 1 aromatic heterocycles. The Morgan fingerprint density at radius 3 is 2.69 bits per heavy atom. The van der Waals surface area contributed by atoms with Crippen LogP contribution in [0.1, 0.15) is 20.9 Å². The standard InChI is InChI=1S/C30H27BrF2N6O5S/c1-44-29(42)25-22(11-16-2-4-18(32)12-20(16)31)35-26(27-34-6-9-45-27)36-23(25)15-37-7-8-38-19(13-37)14-39(30(38)43)24-5-3-17(28(40)41)10-21(24)33/h2-6,9-10,12,19,22H,7-8,11,13-15H2,1H3,(H,35,36)(H,40,41)/t19-,22-/m0/s1. The minimum absolute atomic E-state index is 0.0229. The average Bonchev–Trinajstić information content (AvgIpc) is 3.66.